The molecule has 7 unspecified atom stereocenters. The van der Waals surface area contributed by atoms with Gasteiger partial charge in [0.05, 0.1) is 29.9 Å². The Morgan fingerprint density at radius 3 is 2.53 bits per heavy atom. The number of alkyl halides is 1. The predicted octanol–water partition coefficient (Wildman–Crippen LogP) is 1.24. The highest BCUT2D eigenvalue weighted by molar-refractivity contribution is 6.21. The summed E-state index contributed by atoms with van der Waals surface area (Å²) in [4.78, 5) is 46.1. The Kier molecular flexibility index (Phi) is 7.73. The molecule has 3 saturated heterocycles. The van der Waals surface area contributed by atoms with Crippen molar-refractivity contribution < 1.29 is 19.1 Å². The van der Waals surface area contributed by atoms with Crippen LogP contribution in [0.25, 0.3) is 0 Å². The number of likely N-dealkylation sites (tertiary alicyclic amines) is 2. The van der Waals surface area contributed by atoms with Crippen molar-refractivity contribution in [2.45, 2.75) is 93.5 Å². The highest BCUT2D eigenvalue weighted by Crippen LogP contribution is 2.46. The molecule has 10 heteroatoms. The van der Waals surface area contributed by atoms with Crippen molar-refractivity contribution in [1.82, 2.24) is 20.0 Å². The van der Waals surface area contributed by atoms with Gasteiger partial charge in [-0.3, -0.25) is 14.4 Å². The molecule has 5 fully saturated rings. The summed E-state index contributed by atoms with van der Waals surface area (Å²) in [6.45, 7) is 5.14. The molecular weight excluding hydrogens is 506 g/mol. The van der Waals surface area contributed by atoms with Gasteiger partial charge < -0.3 is 30.5 Å². The van der Waals surface area contributed by atoms with Crippen LogP contribution in [0.5, 0.6) is 0 Å². The van der Waals surface area contributed by atoms with Crippen molar-refractivity contribution in [3.8, 4) is 0 Å². The van der Waals surface area contributed by atoms with E-state index in [1.54, 1.807) is 0 Å². The fourth-order valence-electron chi connectivity index (χ4n) is 8.02. The van der Waals surface area contributed by atoms with Crippen molar-refractivity contribution in [1.29, 1.82) is 0 Å². The zero-order valence-corrected chi connectivity index (χ0v) is 23.0. The van der Waals surface area contributed by atoms with Gasteiger partial charge in [0.15, 0.2) is 5.78 Å². The smallest absolute Gasteiger partial charge is 0.256 e. The number of Topliss-reactive ketones (excluding diaryl/α,β-unsaturated/α-hetero) is 1. The molecule has 0 aromatic carbocycles. The molecular formula is C28H42ClN5O4. The van der Waals surface area contributed by atoms with Gasteiger partial charge in [0.2, 0.25) is 5.91 Å². The van der Waals surface area contributed by atoms with Crippen LogP contribution in [-0.2, 0) is 19.1 Å². The maximum absolute atomic E-state index is 13.9. The largest absolute Gasteiger partial charge is 0.371 e. The van der Waals surface area contributed by atoms with Crippen molar-refractivity contribution in [2.24, 2.45) is 17.6 Å². The van der Waals surface area contributed by atoms with Crippen LogP contribution in [0.4, 0.5) is 0 Å². The number of carbonyl (C=O) groups excluding carboxylic acids is 3. The predicted molar refractivity (Wildman–Crippen MR) is 143 cm³/mol. The highest BCUT2D eigenvalue weighted by Gasteiger charge is 2.56. The third-order valence-electron chi connectivity index (χ3n) is 10.1. The lowest BCUT2D eigenvalue weighted by Crippen LogP contribution is -2.69. The van der Waals surface area contributed by atoms with Crippen LogP contribution < -0.4 is 11.1 Å². The molecule has 0 bridgehead atoms. The zero-order chi connectivity index (χ0) is 26.4. The van der Waals surface area contributed by atoms with E-state index in [-0.39, 0.29) is 70.7 Å². The number of fused-ring (bicyclic) bond motifs is 2. The molecule has 38 heavy (non-hydrogen) atoms. The third kappa shape index (κ3) is 5.11. The molecule has 2 saturated carbocycles. The minimum absolute atomic E-state index is 0.0491. The van der Waals surface area contributed by atoms with E-state index in [9.17, 15) is 14.4 Å². The Labute approximate surface area is 230 Å². The number of nitrogens with one attached hydrogen (secondary N) is 1. The molecule has 0 spiro atoms. The van der Waals surface area contributed by atoms with Gasteiger partial charge in [-0.15, -0.1) is 11.6 Å². The first-order valence-corrected chi connectivity index (χ1v) is 15.2. The van der Waals surface area contributed by atoms with Crippen LogP contribution in [0.1, 0.15) is 57.8 Å². The van der Waals surface area contributed by atoms with Crippen LogP contribution in [-0.4, -0.2) is 107 Å². The molecule has 3 N–H and O–H groups in total. The van der Waals surface area contributed by atoms with E-state index in [4.69, 9.17) is 22.1 Å². The first-order chi connectivity index (χ1) is 18.4. The average Bonchev–Trinajstić information content (AvgIpc) is 3.43. The van der Waals surface area contributed by atoms with Gasteiger partial charge >= 0.3 is 0 Å². The summed E-state index contributed by atoms with van der Waals surface area (Å²) in [5.41, 5.74) is 5.85. The number of nitrogens with two attached hydrogens (primary N) is 1. The molecule has 6 aliphatic rings. The Bertz CT molecular complexity index is 963. The number of carbonyl (C=O) groups is 3. The van der Waals surface area contributed by atoms with Crippen LogP contribution in [0.3, 0.4) is 0 Å². The molecule has 0 aromatic rings. The second kappa shape index (κ2) is 11.1. The first kappa shape index (κ1) is 26.5. The summed E-state index contributed by atoms with van der Waals surface area (Å²) >= 11 is 6.61. The minimum Gasteiger partial charge on any atom is -0.371 e. The number of primary amides is 1. The highest BCUT2D eigenvalue weighted by atomic mass is 35.5. The van der Waals surface area contributed by atoms with E-state index < -0.39 is 0 Å². The SMILES string of the molecule is NC(=O)C1CCN(C2CC3OC4CCC(Cl)CC4N4C=C(C(=O)NCCN5CCCC5)C(=O)C(C2)C34)CC1. The number of hydrogen-bond acceptors (Lipinski definition) is 7. The fourth-order valence-corrected chi connectivity index (χ4v) is 8.33. The molecule has 0 radical (unpaired) electrons. The lowest BCUT2D eigenvalue weighted by atomic mass is 9.70. The van der Waals surface area contributed by atoms with E-state index in [0.717, 1.165) is 71.2 Å². The first-order valence-electron chi connectivity index (χ1n) is 14.8. The number of nitrogens with zero attached hydrogens (tertiary/aromatic N) is 3. The number of piperidine rings is 1. The lowest BCUT2D eigenvalue weighted by Gasteiger charge is -2.59. The average molecular weight is 548 g/mol. The van der Waals surface area contributed by atoms with Gasteiger partial charge in [-0.1, -0.05) is 0 Å². The van der Waals surface area contributed by atoms with Crippen LogP contribution >= 0.6 is 11.6 Å². The van der Waals surface area contributed by atoms with Gasteiger partial charge in [0.25, 0.3) is 5.91 Å². The van der Waals surface area contributed by atoms with E-state index in [1.165, 1.54) is 12.8 Å². The second-order valence-electron chi connectivity index (χ2n) is 12.3. The molecule has 7 atom stereocenters. The van der Waals surface area contributed by atoms with Crippen molar-refractivity contribution in [2.75, 3.05) is 39.3 Å². The number of rotatable bonds is 6. The van der Waals surface area contributed by atoms with Gasteiger partial charge in [0, 0.05) is 42.5 Å². The quantitative estimate of drug-likeness (QED) is 0.380. The summed E-state index contributed by atoms with van der Waals surface area (Å²) in [6.07, 6.45) is 10.0. The van der Waals surface area contributed by atoms with Gasteiger partial charge in [-0.25, -0.2) is 0 Å². The monoisotopic (exact) mass is 547 g/mol. The van der Waals surface area contributed by atoms with Gasteiger partial charge in [-0.05, 0) is 84.0 Å². The van der Waals surface area contributed by atoms with E-state index in [1.807, 2.05) is 6.20 Å². The number of hydrogen-bond donors (Lipinski definition) is 2. The Morgan fingerprint density at radius 1 is 1.03 bits per heavy atom. The Morgan fingerprint density at radius 2 is 1.79 bits per heavy atom. The number of halogens is 1. The summed E-state index contributed by atoms with van der Waals surface area (Å²) in [5, 5.41) is 3.13. The van der Waals surface area contributed by atoms with Crippen molar-refractivity contribution in [3.63, 3.8) is 0 Å². The molecule has 6 rings (SSSR count). The van der Waals surface area contributed by atoms with E-state index >= 15 is 0 Å². The van der Waals surface area contributed by atoms with E-state index in [2.05, 4.69) is 20.0 Å². The standard InChI is InChI=1S/C28H42ClN5O4/c29-18-3-4-23-22(13-18)34-16-21(28(37)31-7-12-32-8-1-2-9-32)26(35)20-14-19(15-24(38-23)25(20)34)33-10-5-17(6-11-33)27(30)36/h16-20,22-25H,1-15H2,(H2,30,36)(H,31,37). The molecule has 4 aliphatic heterocycles. The van der Waals surface area contributed by atoms with Crippen LogP contribution in [0.15, 0.2) is 11.8 Å². The Hall–Kier alpha value is -1.68. The molecule has 9 nitrogen and oxygen atoms in total. The van der Waals surface area contributed by atoms with Crippen molar-refractivity contribution in [3.05, 3.63) is 11.8 Å². The third-order valence-corrected chi connectivity index (χ3v) is 10.5. The van der Waals surface area contributed by atoms with Crippen molar-refractivity contribution >= 4 is 29.2 Å². The summed E-state index contributed by atoms with van der Waals surface area (Å²) < 4.78 is 6.74. The second-order valence-corrected chi connectivity index (χ2v) is 12.9. The minimum atomic E-state index is -0.284. The normalized spacial score (nSPS) is 38.3. The number of ether oxygens (including phenoxy) is 1. The maximum atomic E-state index is 13.9. The van der Waals surface area contributed by atoms with Gasteiger partial charge in [0.1, 0.15) is 0 Å². The number of ketones is 1. The summed E-state index contributed by atoms with van der Waals surface area (Å²) in [5.74, 6) is -0.866. The summed E-state index contributed by atoms with van der Waals surface area (Å²) in [7, 11) is 0. The van der Waals surface area contributed by atoms with Gasteiger partial charge in [-0.2, -0.15) is 0 Å². The lowest BCUT2D eigenvalue weighted by molar-refractivity contribution is -0.188. The fraction of sp³-hybridized carbons (Fsp3) is 0.821. The maximum Gasteiger partial charge on any atom is 0.256 e. The number of amides is 2. The number of morpholine rings is 1. The van der Waals surface area contributed by atoms with Crippen LogP contribution in [0.2, 0.25) is 0 Å². The van der Waals surface area contributed by atoms with E-state index in [0.29, 0.717) is 13.0 Å². The molecule has 2 amide bonds. The Balaban J connectivity index is 1.21. The summed E-state index contributed by atoms with van der Waals surface area (Å²) in [6, 6.07) is 0.240. The molecule has 2 aliphatic carbocycles. The molecule has 4 heterocycles. The van der Waals surface area contributed by atoms with Crippen LogP contribution in [0, 0.1) is 11.8 Å². The molecule has 210 valence electrons. The molecule has 0 aromatic heterocycles. The topological polar surface area (TPSA) is 108 Å². The zero-order valence-electron chi connectivity index (χ0n) is 22.2.